The number of pyridine rings is 1. The molecule has 4 aromatic rings. The summed E-state index contributed by atoms with van der Waals surface area (Å²) in [4.78, 5) is 11.9. The van der Waals surface area contributed by atoms with E-state index in [1.54, 1.807) is 24.2 Å². The summed E-state index contributed by atoms with van der Waals surface area (Å²) in [6.45, 7) is 0. The van der Waals surface area contributed by atoms with Crippen LogP contribution in [0, 0.1) is 0 Å². The zero-order valence-electron chi connectivity index (χ0n) is 12.8. The van der Waals surface area contributed by atoms with Crippen molar-refractivity contribution in [1.82, 2.24) is 15.0 Å². The van der Waals surface area contributed by atoms with Crippen LogP contribution >= 0.6 is 11.8 Å². The number of nitrogens with zero attached hydrogens (tertiary/aromatic N) is 2. The van der Waals surface area contributed by atoms with E-state index in [1.807, 2.05) is 48.5 Å². The van der Waals surface area contributed by atoms with Gasteiger partial charge in [-0.05, 0) is 35.9 Å². The molecular formula is C19H15N3OS. The van der Waals surface area contributed by atoms with Gasteiger partial charge in [-0.2, -0.15) is 0 Å². The second-order valence-electron chi connectivity index (χ2n) is 5.29. The fraction of sp³-hybridized carbons (Fsp3) is 0.0526. The van der Waals surface area contributed by atoms with E-state index < -0.39 is 0 Å². The Morgan fingerprint density at radius 2 is 1.83 bits per heavy atom. The minimum absolute atomic E-state index is 0.819. The van der Waals surface area contributed by atoms with Crippen LogP contribution in [0.4, 0.5) is 0 Å². The van der Waals surface area contributed by atoms with Gasteiger partial charge in [-0.1, -0.05) is 42.1 Å². The van der Waals surface area contributed by atoms with Crippen LogP contribution in [0.15, 0.2) is 78.2 Å². The highest BCUT2D eigenvalue weighted by Crippen LogP contribution is 2.26. The molecule has 0 fully saturated rings. The molecule has 0 saturated heterocycles. The van der Waals surface area contributed by atoms with Crippen molar-refractivity contribution in [2.24, 2.45) is 0 Å². The SMILES string of the molecule is c1ccc(Oc2cccc(CSc3nc4cnccc4[nH]3)c2)cc1. The Morgan fingerprint density at radius 3 is 2.71 bits per heavy atom. The summed E-state index contributed by atoms with van der Waals surface area (Å²) < 4.78 is 5.88. The van der Waals surface area contributed by atoms with Crippen LogP contribution in [0.25, 0.3) is 11.0 Å². The maximum absolute atomic E-state index is 5.88. The lowest BCUT2D eigenvalue weighted by molar-refractivity contribution is 0.482. The molecule has 4 nitrogen and oxygen atoms in total. The third kappa shape index (κ3) is 3.41. The lowest BCUT2D eigenvalue weighted by Crippen LogP contribution is -1.86. The topological polar surface area (TPSA) is 50.8 Å². The van der Waals surface area contributed by atoms with Crippen molar-refractivity contribution in [2.45, 2.75) is 10.9 Å². The van der Waals surface area contributed by atoms with Gasteiger partial charge in [0.25, 0.3) is 0 Å². The molecule has 0 spiro atoms. The molecule has 0 bridgehead atoms. The Bertz CT molecular complexity index is 920. The molecule has 0 saturated carbocycles. The zero-order valence-corrected chi connectivity index (χ0v) is 13.7. The van der Waals surface area contributed by atoms with Gasteiger partial charge in [-0.15, -0.1) is 0 Å². The van der Waals surface area contributed by atoms with Gasteiger partial charge in [0.15, 0.2) is 5.16 Å². The summed E-state index contributed by atoms with van der Waals surface area (Å²) >= 11 is 1.66. The van der Waals surface area contributed by atoms with Crippen molar-refractivity contribution in [3.63, 3.8) is 0 Å². The molecule has 0 amide bonds. The Kier molecular flexibility index (Phi) is 4.16. The number of benzene rings is 2. The molecule has 1 N–H and O–H groups in total. The van der Waals surface area contributed by atoms with Crippen molar-refractivity contribution in [3.8, 4) is 11.5 Å². The first kappa shape index (κ1) is 14.8. The first-order valence-corrected chi connectivity index (χ1v) is 8.60. The predicted octanol–water partition coefficient (Wildman–Crippen LogP) is 5.04. The van der Waals surface area contributed by atoms with Gasteiger partial charge in [0.2, 0.25) is 0 Å². The van der Waals surface area contributed by atoms with E-state index in [9.17, 15) is 0 Å². The summed E-state index contributed by atoms with van der Waals surface area (Å²) in [7, 11) is 0. The molecular weight excluding hydrogens is 318 g/mol. The van der Waals surface area contributed by atoms with Gasteiger partial charge >= 0.3 is 0 Å². The second-order valence-corrected chi connectivity index (χ2v) is 6.25. The molecule has 0 unspecified atom stereocenters. The normalized spacial score (nSPS) is 10.8. The number of imidazole rings is 1. The number of nitrogens with one attached hydrogen (secondary N) is 1. The summed E-state index contributed by atoms with van der Waals surface area (Å²) in [6, 6.07) is 19.9. The van der Waals surface area contributed by atoms with Gasteiger partial charge < -0.3 is 9.72 Å². The molecule has 0 atom stereocenters. The highest BCUT2D eigenvalue weighted by Gasteiger charge is 2.05. The number of fused-ring (bicyclic) bond motifs is 1. The number of aromatic amines is 1. The van der Waals surface area contributed by atoms with E-state index in [0.717, 1.165) is 33.4 Å². The van der Waals surface area contributed by atoms with Crippen LogP contribution in [0.3, 0.4) is 0 Å². The Morgan fingerprint density at radius 1 is 0.958 bits per heavy atom. The maximum Gasteiger partial charge on any atom is 0.166 e. The molecule has 2 heterocycles. The van der Waals surface area contributed by atoms with E-state index in [1.165, 1.54) is 5.56 Å². The Balaban J connectivity index is 1.45. The summed E-state index contributed by atoms with van der Waals surface area (Å²) in [6.07, 6.45) is 3.53. The number of rotatable bonds is 5. The number of para-hydroxylation sites is 1. The van der Waals surface area contributed by atoms with Crippen LogP contribution in [0.5, 0.6) is 11.5 Å². The summed E-state index contributed by atoms with van der Waals surface area (Å²) in [5, 5.41) is 0.896. The molecule has 0 aliphatic carbocycles. The first-order valence-electron chi connectivity index (χ1n) is 7.61. The highest BCUT2D eigenvalue weighted by atomic mass is 32.2. The molecule has 2 aromatic heterocycles. The molecule has 2 aromatic carbocycles. The largest absolute Gasteiger partial charge is 0.457 e. The monoisotopic (exact) mass is 333 g/mol. The van der Waals surface area contributed by atoms with Gasteiger partial charge in [-0.25, -0.2) is 4.98 Å². The number of ether oxygens (including phenoxy) is 1. The lowest BCUT2D eigenvalue weighted by Gasteiger charge is -2.07. The highest BCUT2D eigenvalue weighted by molar-refractivity contribution is 7.98. The minimum atomic E-state index is 0.819. The number of thioether (sulfide) groups is 1. The standard InChI is InChI=1S/C19H15N3OS/c1-2-6-15(7-3-1)23-16-8-4-5-14(11-16)13-24-19-21-17-9-10-20-12-18(17)22-19/h1-12H,13H2,(H,21,22). The van der Waals surface area contributed by atoms with Crippen LogP contribution in [0.1, 0.15) is 5.56 Å². The van der Waals surface area contributed by atoms with Crippen LogP contribution in [-0.2, 0) is 5.75 Å². The Labute approximate surface area is 143 Å². The second kappa shape index (κ2) is 6.76. The molecule has 4 rings (SSSR count). The average Bonchev–Trinajstić information content (AvgIpc) is 3.04. The molecule has 0 radical (unpaired) electrons. The third-order valence-corrected chi connectivity index (χ3v) is 4.46. The predicted molar refractivity (Wildman–Crippen MR) is 96.4 cm³/mol. The molecule has 0 aliphatic heterocycles. The van der Waals surface area contributed by atoms with E-state index in [0.29, 0.717) is 0 Å². The van der Waals surface area contributed by atoms with Crippen LogP contribution in [0.2, 0.25) is 0 Å². The zero-order chi connectivity index (χ0) is 16.2. The summed E-state index contributed by atoms with van der Waals surface area (Å²) in [5.41, 5.74) is 3.09. The summed E-state index contributed by atoms with van der Waals surface area (Å²) in [5.74, 6) is 2.50. The van der Waals surface area contributed by atoms with Gasteiger partial charge in [0.1, 0.15) is 17.0 Å². The average molecular weight is 333 g/mol. The van der Waals surface area contributed by atoms with E-state index in [-0.39, 0.29) is 0 Å². The minimum Gasteiger partial charge on any atom is -0.457 e. The van der Waals surface area contributed by atoms with E-state index in [4.69, 9.17) is 4.74 Å². The molecule has 0 aliphatic rings. The van der Waals surface area contributed by atoms with E-state index in [2.05, 4.69) is 27.1 Å². The molecule has 118 valence electrons. The van der Waals surface area contributed by atoms with Crippen molar-refractivity contribution in [3.05, 3.63) is 78.6 Å². The maximum atomic E-state index is 5.88. The van der Waals surface area contributed by atoms with Gasteiger partial charge in [-0.3, -0.25) is 4.98 Å². The van der Waals surface area contributed by atoms with E-state index >= 15 is 0 Å². The first-order chi connectivity index (χ1) is 11.9. The van der Waals surface area contributed by atoms with Gasteiger partial charge in [0.05, 0.1) is 11.7 Å². The number of hydrogen-bond donors (Lipinski definition) is 1. The number of hydrogen-bond acceptors (Lipinski definition) is 4. The van der Waals surface area contributed by atoms with Crippen molar-refractivity contribution in [2.75, 3.05) is 0 Å². The fourth-order valence-corrected chi connectivity index (χ4v) is 3.20. The van der Waals surface area contributed by atoms with Crippen LogP contribution < -0.4 is 4.74 Å². The lowest BCUT2D eigenvalue weighted by atomic mass is 10.2. The third-order valence-electron chi connectivity index (χ3n) is 3.52. The molecule has 5 heteroatoms. The number of H-pyrrole nitrogens is 1. The number of aromatic nitrogens is 3. The molecule has 24 heavy (non-hydrogen) atoms. The Hall–Kier alpha value is -2.79. The fourth-order valence-electron chi connectivity index (χ4n) is 2.38. The van der Waals surface area contributed by atoms with Crippen molar-refractivity contribution >= 4 is 22.8 Å². The van der Waals surface area contributed by atoms with Crippen molar-refractivity contribution < 1.29 is 4.74 Å². The quantitative estimate of drug-likeness (QED) is 0.520. The van der Waals surface area contributed by atoms with Gasteiger partial charge in [0, 0.05) is 11.9 Å². The smallest absolute Gasteiger partial charge is 0.166 e. The van der Waals surface area contributed by atoms with Crippen LogP contribution in [-0.4, -0.2) is 15.0 Å². The van der Waals surface area contributed by atoms with Crippen molar-refractivity contribution in [1.29, 1.82) is 0 Å².